The fraction of sp³-hybridized carbons (Fsp3) is 0. The number of hydrogen-bond donors (Lipinski definition) is 0. The molecule has 0 aromatic rings. The molecule has 6 nitrogen and oxygen atoms in total. The van der Waals surface area contributed by atoms with Gasteiger partial charge in [-0.3, -0.25) is 0 Å². The third-order valence-corrected chi connectivity index (χ3v) is 0. The first-order valence-corrected chi connectivity index (χ1v) is 8.86. The van der Waals surface area contributed by atoms with Crippen LogP contribution in [0.4, 0.5) is 0 Å². The van der Waals surface area contributed by atoms with E-state index in [4.69, 9.17) is 8.41 Å². The molecule has 8 heavy (non-hydrogen) atoms. The molecule has 0 radical (unpaired) electrons. The van der Waals surface area contributed by atoms with Crippen LogP contribution in [0.15, 0.2) is 0 Å². The molecule has 0 fully saturated rings. The first-order valence-electron chi connectivity index (χ1n) is 1.21. The summed E-state index contributed by atoms with van der Waals surface area (Å²) in [5.74, 6) is 0. The molecule has 0 saturated carbocycles. The second kappa shape index (κ2) is 8.33. The van der Waals surface area contributed by atoms with Gasteiger partial charge in [0.2, 0.25) is 0 Å². The molecule has 8 heteroatoms. The summed E-state index contributed by atoms with van der Waals surface area (Å²) in [5.41, 5.74) is 0. The van der Waals surface area contributed by atoms with Gasteiger partial charge in [0.25, 0.3) is 0 Å². The Morgan fingerprint density at radius 3 is 0.875 bits per heavy atom. The Morgan fingerprint density at radius 2 is 0.875 bits per heavy atom. The van der Waals surface area contributed by atoms with Crippen molar-refractivity contribution in [2.45, 2.75) is 0 Å². The van der Waals surface area contributed by atoms with E-state index in [1.54, 1.807) is 0 Å². The van der Waals surface area contributed by atoms with Gasteiger partial charge < -0.3 is 0 Å². The molecule has 0 unspecified atom stereocenters. The van der Waals surface area contributed by atoms with Crippen molar-refractivity contribution < 1.29 is 73.2 Å². The van der Waals surface area contributed by atoms with E-state index in [1.165, 1.54) is 0 Å². The van der Waals surface area contributed by atoms with Crippen molar-refractivity contribution in [2.24, 2.45) is 0 Å². The van der Waals surface area contributed by atoms with Crippen molar-refractivity contribution >= 4 is 0 Å². The maximum atomic E-state index is 8.64. The van der Waals surface area contributed by atoms with E-state index >= 15 is 0 Å². The molecule has 0 rings (SSSR count). The van der Waals surface area contributed by atoms with Crippen LogP contribution in [0, 0.1) is 64.8 Å². The second-order valence-electron chi connectivity index (χ2n) is 0.493. The Morgan fingerprint density at radius 1 is 0.875 bits per heavy atom. The first kappa shape index (κ1) is 12.1. The van der Waals surface area contributed by atoms with Crippen molar-refractivity contribution in [1.82, 2.24) is 0 Å². The zero-order valence-electron chi connectivity index (χ0n) is 3.44. The normalized spacial score (nSPS) is 4.88. The zero-order valence-corrected chi connectivity index (χ0v) is 9.68. The standard InChI is InChI=1S/La.6O.Sm. The molecule has 0 heterocycles. The van der Waals surface area contributed by atoms with E-state index in [9.17, 15) is 0 Å². The monoisotopic (exact) mass is 387 g/mol. The molecular weight excluding hydrogens is 385 g/mol. The summed E-state index contributed by atoms with van der Waals surface area (Å²) < 4.78 is 51.8. The van der Waals surface area contributed by atoms with Crippen LogP contribution in [0.25, 0.3) is 0 Å². The van der Waals surface area contributed by atoms with Crippen LogP contribution in [-0.2, 0) is 8.41 Å². The summed E-state index contributed by atoms with van der Waals surface area (Å²) in [6, 6.07) is 0. The van der Waals surface area contributed by atoms with Gasteiger partial charge in [-0.15, -0.1) is 0 Å². The SMILES string of the molecule is [O]=[La](=[O])=[O].[O]=[Sm](=[O])=[O]. The van der Waals surface area contributed by atoms with Crippen LogP contribution < -0.4 is 0 Å². The minimum atomic E-state index is -4.47. The minimum absolute atomic E-state index is 4.28. The van der Waals surface area contributed by atoms with Crippen LogP contribution in [-0.4, -0.2) is 0 Å². The Balaban J connectivity index is 0. The third-order valence-electron chi connectivity index (χ3n) is 0. The van der Waals surface area contributed by atoms with Gasteiger partial charge in [0.1, 0.15) is 0 Å². The fourth-order valence-electron chi connectivity index (χ4n) is 0. The van der Waals surface area contributed by atoms with Crippen molar-refractivity contribution in [1.29, 1.82) is 0 Å². The molecule has 45 valence electrons. The van der Waals surface area contributed by atoms with E-state index in [0.29, 0.717) is 0 Å². The zero-order chi connectivity index (χ0) is 7.15. The third kappa shape index (κ3) is 166. The van der Waals surface area contributed by atoms with Crippen LogP contribution >= 0.6 is 0 Å². The second-order valence-corrected chi connectivity index (χ2v) is 3.62. The van der Waals surface area contributed by atoms with Gasteiger partial charge in [-0.05, 0) is 0 Å². The van der Waals surface area contributed by atoms with Gasteiger partial charge in [-0.1, -0.05) is 0 Å². The predicted octanol–water partition coefficient (Wildman–Crippen LogP) is -0.713. The molecular formula is LaO6Sm. The average molecular weight is 385 g/mol. The Hall–Kier alpha value is 1.33. The molecule has 0 aromatic heterocycles. The van der Waals surface area contributed by atoms with Gasteiger partial charge in [-0.2, -0.15) is 0 Å². The summed E-state index contributed by atoms with van der Waals surface area (Å²) in [6.45, 7) is 0. The van der Waals surface area contributed by atoms with E-state index in [0.717, 1.165) is 0 Å². The predicted molar refractivity (Wildman–Crippen MR) is 4.12 cm³/mol. The van der Waals surface area contributed by atoms with Gasteiger partial charge in [0, 0.05) is 0 Å². The average Bonchev–Trinajstić information content (AvgIpc) is 1.25. The van der Waals surface area contributed by atoms with Gasteiger partial charge in [0.05, 0.1) is 0 Å². The van der Waals surface area contributed by atoms with Crippen LogP contribution in [0.1, 0.15) is 0 Å². The van der Waals surface area contributed by atoms with Crippen molar-refractivity contribution in [2.75, 3.05) is 0 Å². The number of rotatable bonds is 0. The van der Waals surface area contributed by atoms with E-state index < -0.39 is 64.8 Å². The van der Waals surface area contributed by atoms with Gasteiger partial charge in [0.15, 0.2) is 0 Å². The van der Waals surface area contributed by atoms with Crippen molar-refractivity contribution in [3.8, 4) is 0 Å². The maximum absolute atomic E-state index is 8.64. The van der Waals surface area contributed by atoms with Gasteiger partial charge >= 0.3 is 73.2 Å². The van der Waals surface area contributed by atoms with Crippen LogP contribution in [0.5, 0.6) is 0 Å². The van der Waals surface area contributed by atoms with Crippen molar-refractivity contribution in [3.63, 3.8) is 0 Å². The van der Waals surface area contributed by atoms with Crippen molar-refractivity contribution in [3.05, 3.63) is 0 Å². The van der Waals surface area contributed by atoms with Crippen LogP contribution in [0.3, 0.4) is 0 Å². The summed E-state index contributed by atoms with van der Waals surface area (Å²) in [4.78, 5) is 0. The molecule has 0 spiro atoms. The topological polar surface area (TPSA) is 102 Å². The fourth-order valence-corrected chi connectivity index (χ4v) is 0. The Bertz CT molecular complexity index is 177. The molecule has 0 bridgehead atoms. The molecule has 0 amide bonds. The van der Waals surface area contributed by atoms with E-state index in [2.05, 4.69) is 0 Å². The molecule has 0 aromatic carbocycles. The molecule has 0 saturated heterocycles. The molecule has 0 aliphatic rings. The van der Waals surface area contributed by atoms with E-state index in [1.807, 2.05) is 0 Å². The molecule has 0 atom stereocenters. The van der Waals surface area contributed by atoms with Crippen LogP contribution in [0.2, 0.25) is 0 Å². The quantitative estimate of drug-likeness (QED) is 0.546. The Labute approximate surface area is 71.3 Å². The van der Waals surface area contributed by atoms with Gasteiger partial charge in [-0.25, -0.2) is 0 Å². The molecule has 0 N–H and O–H groups in total. The summed E-state index contributed by atoms with van der Waals surface area (Å²) in [6.07, 6.45) is 0. The molecule has 0 aliphatic heterocycles. The van der Waals surface area contributed by atoms with E-state index in [-0.39, 0.29) is 0 Å². The number of hydrogen-bond acceptors (Lipinski definition) is 6. The molecule has 0 aliphatic carbocycles. The summed E-state index contributed by atoms with van der Waals surface area (Å²) in [7, 11) is 0. The summed E-state index contributed by atoms with van der Waals surface area (Å²) >= 11 is -8.75. The Kier molecular flexibility index (Phi) is 12.6. The summed E-state index contributed by atoms with van der Waals surface area (Å²) in [5, 5.41) is 0. The first-order chi connectivity index (χ1) is 3.46.